The first-order valence-corrected chi connectivity index (χ1v) is 5.26. The fourth-order valence-corrected chi connectivity index (χ4v) is 1.32. The predicted octanol–water partition coefficient (Wildman–Crippen LogP) is 2.23. The molecule has 1 aromatic rings. The van der Waals surface area contributed by atoms with E-state index in [2.05, 4.69) is 5.32 Å². The summed E-state index contributed by atoms with van der Waals surface area (Å²) in [6.45, 7) is 3.83. The molecule has 17 heavy (non-hydrogen) atoms. The summed E-state index contributed by atoms with van der Waals surface area (Å²) in [4.78, 5) is 0. The SMILES string of the molecule is CC(C)NC(C#N)COc1cc(F)cc(F)c1. The number of halogens is 2. The van der Waals surface area contributed by atoms with Gasteiger partial charge >= 0.3 is 0 Å². The smallest absolute Gasteiger partial charge is 0.130 e. The van der Waals surface area contributed by atoms with Gasteiger partial charge < -0.3 is 4.74 Å². The minimum absolute atomic E-state index is 0.0393. The van der Waals surface area contributed by atoms with Crippen molar-refractivity contribution >= 4 is 0 Å². The Labute approximate surface area is 99.0 Å². The molecule has 0 radical (unpaired) electrons. The highest BCUT2D eigenvalue weighted by Gasteiger charge is 2.10. The Kier molecular flexibility index (Phi) is 4.85. The van der Waals surface area contributed by atoms with Gasteiger partial charge in [0, 0.05) is 24.2 Å². The van der Waals surface area contributed by atoms with Crippen LogP contribution in [0, 0.1) is 23.0 Å². The summed E-state index contributed by atoms with van der Waals surface area (Å²) in [6.07, 6.45) is 0. The maximum Gasteiger partial charge on any atom is 0.130 e. The molecule has 0 bridgehead atoms. The first-order chi connectivity index (χ1) is 8.01. The van der Waals surface area contributed by atoms with E-state index >= 15 is 0 Å². The van der Waals surface area contributed by atoms with E-state index < -0.39 is 17.7 Å². The summed E-state index contributed by atoms with van der Waals surface area (Å²) in [5, 5.41) is 11.8. The zero-order chi connectivity index (χ0) is 12.8. The maximum absolute atomic E-state index is 12.8. The number of ether oxygens (including phenoxy) is 1. The normalized spacial score (nSPS) is 12.2. The minimum atomic E-state index is -0.703. The molecule has 1 unspecified atom stereocenters. The zero-order valence-electron chi connectivity index (χ0n) is 9.71. The molecule has 0 spiro atoms. The molecule has 0 amide bonds. The van der Waals surface area contributed by atoms with E-state index in [9.17, 15) is 8.78 Å². The summed E-state index contributed by atoms with van der Waals surface area (Å²) in [5.74, 6) is -1.33. The van der Waals surface area contributed by atoms with Crippen molar-refractivity contribution in [2.75, 3.05) is 6.61 Å². The van der Waals surface area contributed by atoms with E-state index in [1.165, 1.54) is 0 Å². The summed E-state index contributed by atoms with van der Waals surface area (Å²) < 4.78 is 30.8. The Morgan fingerprint density at radius 3 is 2.35 bits per heavy atom. The van der Waals surface area contributed by atoms with Crippen molar-refractivity contribution in [2.45, 2.75) is 25.9 Å². The van der Waals surface area contributed by atoms with Crippen LogP contribution in [0.2, 0.25) is 0 Å². The van der Waals surface area contributed by atoms with Gasteiger partial charge in [-0.05, 0) is 13.8 Å². The topological polar surface area (TPSA) is 45.0 Å². The summed E-state index contributed by atoms with van der Waals surface area (Å²) in [7, 11) is 0. The van der Waals surface area contributed by atoms with Crippen molar-refractivity contribution in [3.63, 3.8) is 0 Å². The Morgan fingerprint density at radius 1 is 1.29 bits per heavy atom. The van der Waals surface area contributed by atoms with Gasteiger partial charge in [0.25, 0.3) is 0 Å². The van der Waals surface area contributed by atoms with Crippen molar-refractivity contribution in [2.24, 2.45) is 0 Å². The molecule has 0 aromatic heterocycles. The van der Waals surface area contributed by atoms with E-state index in [1.54, 1.807) is 0 Å². The quantitative estimate of drug-likeness (QED) is 0.858. The fraction of sp³-hybridized carbons (Fsp3) is 0.417. The number of nitrogens with zero attached hydrogens (tertiary/aromatic N) is 1. The molecule has 0 saturated carbocycles. The lowest BCUT2D eigenvalue weighted by molar-refractivity contribution is 0.280. The number of nitriles is 1. The molecule has 0 aliphatic heterocycles. The van der Waals surface area contributed by atoms with Gasteiger partial charge in [-0.25, -0.2) is 8.78 Å². The molecule has 0 saturated heterocycles. The van der Waals surface area contributed by atoms with Crippen LogP contribution in [0.3, 0.4) is 0 Å². The summed E-state index contributed by atoms with van der Waals surface area (Å²) in [6, 6.07) is 4.55. The second-order valence-electron chi connectivity index (χ2n) is 3.92. The molecule has 1 rings (SSSR count). The zero-order valence-corrected chi connectivity index (χ0v) is 9.71. The van der Waals surface area contributed by atoms with E-state index in [4.69, 9.17) is 10.00 Å². The third-order valence-electron chi connectivity index (χ3n) is 1.94. The highest BCUT2D eigenvalue weighted by molar-refractivity contribution is 5.23. The molecule has 0 aliphatic carbocycles. The molecule has 0 aliphatic rings. The molecule has 5 heteroatoms. The Balaban J connectivity index is 2.57. The lowest BCUT2D eigenvalue weighted by atomic mass is 10.3. The second kappa shape index (κ2) is 6.16. The number of hydrogen-bond acceptors (Lipinski definition) is 3. The summed E-state index contributed by atoms with van der Waals surface area (Å²) >= 11 is 0. The van der Waals surface area contributed by atoms with Crippen molar-refractivity contribution in [1.29, 1.82) is 5.26 Å². The van der Waals surface area contributed by atoms with Crippen molar-refractivity contribution in [3.05, 3.63) is 29.8 Å². The van der Waals surface area contributed by atoms with Crippen LogP contribution >= 0.6 is 0 Å². The van der Waals surface area contributed by atoms with Crippen molar-refractivity contribution in [3.8, 4) is 11.8 Å². The third-order valence-corrected chi connectivity index (χ3v) is 1.94. The van der Waals surface area contributed by atoms with Crippen LogP contribution in [-0.2, 0) is 0 Å². The third kappa shape index (κ3) is 4.79. The van der Waals surface area contributed by atoms with Crippen LogP contribution in [0.15, 0.2) is 18.2 Å². The predicted molar refractivity (Wildman–Crippen MR) is 59.5 cm³/mol. The van der Waals surface area contributed by atoms with Crippen LogP contribution in [-0.4, -0.2) is 18.7 Å². The van der Waals surface area contributed by atoms with E-state index in [-0.39, 0.29) is 18.4 Å². The number of benzene rings is 1. The van der Waals surface area contributed by atoms with Gasteiger partial charge in [0.2, 0.25) is 0 Å². The molecular formula is C12H14F2N2O. The Hall–Kier alpha value is -1.67. The van der Waals surface area contributed by atoms with Gasteiger partial charge in [-0.2, -0.15) is 5.26 Å². The minimum Gasteiger partial charge on any atom is -0.491 e. The highest BCUT2D eigenvalue weighted by atomic mass is 19.1. The lowest BCUT2D eigenvalue weighted by Gasteiger charge is -2.15. The molecular weight excluding hydrogens is 226 g/mol. The van der Waals surface area contributed by atoms with Crippen LogP contribution in [0.1, 0.15) is 13.8 Å². The van der Waals surface area contributed by atoms with E-state index in [0.717, 1.165) is 18.2 Å². The van der Waals surface area contributed by atoms with Crippen molar-refractivity contribution in [1.82, 2.24) is 5.32 Å². The van der Waals surface area contributed by atoms with Gasteiger partial charge in [-0.1, -0.05) is 0 Å². The standard InChI is InChI=1S/C12H14F2N2O/c1-8(2)16-11(6-15)7-17-12-4-9(13)3-10(14)5-12/h3-5,8,11,16H,7H2,1-2H3. The van der Waals surface area contributed by atoms with Crippen LogP contribution in [0.5, 0.6) is 5.75 Å². The molecule has 1 atom stereocenters. The number of rotatable bonds is 5. The molecule has 1 N–H and O–H groups in total. The average Bonchev–Trinajstić information content (AvgIpc) is 2.22. The molecule has 92 valence electrons. The first-order valence-electron chi connectivity index (χ1n) is 5.26. The molecule has 1 aromatic carbocycles. The largest absolute Gasteiger partial charge is 0.491 e. The Morgan fingerprint density at radius 2 is 1.88 bits per heavy atom. The fourth-order valence-electron chi connectivity index (χ4n) is 1.32. The molecule has 3 nitrogen and oxygen atoms in total. The van der Waals surface area contributed by atoms with E-state index in [0.29, 0.717) is 0 Å². The molecule has 0 fully saturated rings. The van der Waals surface area contributed by atoms with Gasteiger partial charge in [0.15, 0.2) is 0 Å². The van der Waals surface area contributed by atoms with Crippen LogP contribution in [0.25, 0.3) is 0 Å². The second-order valence-corrected chi connectivity index (χ2v) is 3.92. The van der Waals surface area contributed by atoms with Crippen LogP contribution in [0.4, 0.5) is 8.78 Å². The van der Waals surface area contributed by atoms with Crippen LogP contribution < -0.4 is 10.1 Å². The molecule has 0 heterocycles. The maximum atomic E-state index is 12.8. The van der Waals surface area contributed by atoms with Gasteiger partial charge in [-0.3, -0.25) is 5.32 Å². The van der Waals surface area contributed by atoms with Gasteiger partial charge in [0.05, 0.1) is 6.07 Å². The van der Waals surface area contributed by atoms with Gasteiger partial charge in [-0.15, -0.1) is 0 Å². The summed E-state index contributed by atoms with van der Waals surface area (Å²) in [5.41, 5.74) is 0. The lowest BCUT2D eigenvalue weighted by Crippen LogP contribution is -2.37. The number of hydrogen-bond donors (Lipinski definition) is 1. The van der Waals surface area contributed by atoms with Crippen molar-refractivity contribution < 1.29 is 13.5 Å². The monoisotopic (exact) mass is 240 g/mol. The van der Waals surface area contributed by atoms with Gasteiger partial charge in [0.1, 0.15) is 30.0 Å². The first kappa shape index (κ1) is 13.4. The van der Waals surface area contributed by atoms with E-state index in [1.807, 2.05) is 19.9 Å². The average molecular weight is 240 g/mol. The number of nitrogens with one attached hydrogen (secondary N) is 1. The highest BCUT2D eigenvalue weighted by Crippen LogP contribution is 2.15. The Bertz CT molecular complexity index is 395.